The fourth-order valence-electron chi connectivity index (χ4n) is 9.90. The molecule has 0 radical (unpaired) electrons. The lowest BCUT2D eigenvalue weighted by atomic mass is 9.56. The highest BCUT2D eigenvalue weighted by Crippen LogP contribution is 2.68. The molecule has 5 aliphatic carbocycles. The number of carbonyl (C=O) groups excluding carboxylic acids is 4. The number of allylic oxidation sites excluding steroid dienone is 2. The molecule has 2 aliphatic heterocycles. The predicted molar refractivity (Wildman–Crippen MR) is 131 cm³/mol. The summed E-state index contributed by atoms with van der Waals surface area (Å²) in [6, 6.07) is 0. The predicted octanol–water partition coefficient (Wildman–Crippen LogP) is 3.33. The van der Waals surface area contributed by atoms with Crippen molar-refractivity contribution in [3.8, 4) is 0 Å². The molecule has 0 amide bonds. The van der Waals surface area contributed by atoms with E-state index in [0.717, 1.165) is 18.4 Å². The number of hydrogen-bond acceptors (Lipinski definition) is 7. The second kappa shape index (κ2) is 7.43. The maximum atomic E-state index is 14.3. The molecule has 0 aromatic carbocycles. The van der Waals surface area contributed by atoms with Gasteiger partial charge in [-0.3, -0.25) is 19.2 Å². The third-order valence-corrected chi connectivity index (χ3v) is 11.9. The number of esters is 2. The molecule has 1 spiro atoms. The van der Waals surface area contributed by atoms with Gasteiger partial charge in [-0.15, -0.1) is 0 Å². The van der Waals surface area contributed by atoms with Gasteiger partial charge in [0.1, 0.15) is 18.0 Å². The van der Waals surface area contributed by atoms with Gasteiger partial charge in [-0.25, -0.2) is 0 Å². The van der Waals surface area contributed by atoms with Crippen molar-refractivity contribution in [3.05, 3.63) is 23.3 Å². The summed E-state index contributed by atoms with van der Waals surface area (Å²) < 4.78 is 12.0. The Labute approximate surface area is 217 Å². The van der Waals surface area contributed by atoms with Crippen LogP contribution in [0, 0.1) is 52.8 Å². The molecular formula is C30H36O7. The SMILES string of the molecule is C=C1CC[C@@H]2[C@H](OC(=O)[C@H]2C)[C@@H]2[C@H]1CC(=O)[C@]21CC[C@]2(O)CC[C@@H]3[C@H](OC(=O)[C@H]3C)[C@@H]3C2=C1C(=O)[C@H]3C. The van der Waals surface area contributed by atoms with Crippen LogP contribution in [0.4, 0.5) is 0 Å². The van der Waals surface area contributed by atoms with E-state index >= 15 is 0 Å². The van der Waals surface area contributed by atoms with Crippen LogP contribution in [0.25, 0.3) is 0 Å². The molecule has 0 unspecified atom stereocenters. The molecule has 3 saturated carbocycles. The number of Topliss-reactive ketones (excluding diaryl/α,β-unsaturated/α-hetero) is 2. The minimum atomic E-state index is -1.19. The standard InChI is InChI=1S/C30H36O7/c1-12-5-6-16-13(2)28(34)37-26(16)21-18(12)11-19(31)30(21)10-9-29(35)8-7-17-14(3)27(33)36-25(17)20-15(4)24(32)23(30)22(20)29/h13-18,20-21,25-26,35H,1,5-11H2,2-4H3/t13-,14-,15-,16-,17-,18-,20-,21-,25-,26-,29+,30+/m0/s1. The molecule has 5 fully saturated rings. The largest absolute Gasteiger partial charge is 0.461 e. The van der Waals surface area contributed by atoms with Gasteiger partial charge in [0.25, 0.3) is 0 Å². The summed E-state index contributed by atoms with van der Waals surface area (Å²) in [4.78, 5) is 53.9. The zero-order chi connectivity index (χ0) is 26.2. The zero-order valence-corrected chi connectivity index (χ0v) is 21.8. The molecule has 7 heteroatoms. The molecule has 7 rings (SSSR count). The van der Waals surface area contributed by atoms with E-state index < -0.39 is 35.1 Å². The van der Waals surface area contributed by atoms with Gasteiger partial charge in [-0.1, -0.05) is 32.9 Å². The molecule has 7 aliphatic rings. The fourth-order valence-corrected chi connectivity index (χ4v) is 9.90. The van der Waals surface area contributed by atoms with E-state index in [-0.39, 0.29) is 65.4 Å². The Bertz CT molecular complexity index is 1200. The van der Waals surface area contributed by atoms with Crippen molar-refractivity contribution in [3.63, 3.8) is 0 Å². The number of fused-ring (bicyclic) bond motifs is 7. The van der Waals surface area contributed by atoms with Crippen LogP contribution >= 0.6 is 0 Å². The number of hydrogen-bond donors (Lipinski definition) is 1. The van der Waals surface area contributed by atoms with Crippen molar-refractivity contribution in [2.45, 2.75) is 83.5 Å². The summed E-state index contributed by atoms with van der Waals surface area (Å²) in [6.45, 7) is 10.0. The summed E-state index contributed by atoms with van der Waals surface area (Å²) in [6.07, 6.45) is 2.76. The molecule has 1 N–H and O–H groups in total. The van der Waals surface area contributed by atoms with Crippen LogP contribution in [0.1, 0.15) is 65.7 Å². The Kier molecular flexibility index (Phi) is 4.78. The Morgan fingerprint density at radius 2 is 1.51 bits per heavy atom. The smallest absolute Gasteiger partial charge is 0.309 e. The van der Waals surface area contributed by atoms with Gasteiger partial charge >= 0.3 is 11.9 Å². The fraction of sp³-hybridized carbons (Fsp3) is 0.733. The van der Waals surface area contributed by atoms with Crippen LogP contribution in [-0.2, 0) is 28.7 Å². The lowest BCUT2D eigenvalue weighted by Crippen LogP contribution is -2.51. The van der Waals surface area contributed by atoms with E-state index in [4.69, 9.17) is 9.47 Å². The third-order valence-electron chi connectivity index (χ3n) is 11.9. The first-order valence-electron chi connectivity index (χ1n) is 14.1. The first-order valence-corrected chi connectivity index (χ1v) is 14.1. The van der Waals surface area contributed by atoms with Gasteiger partial charge in [0.05, 0.1) is 22.9 Å². The highest BCUT2D eigenvalue weighted by Gasteiger charge is 2.71. The summed E-state index contributed by atoms with van der Waals surface area (Å²) in [5.74, 6) is -2.58. The second-order valence-corrected chi connectivity index (χ2v) is 13.2. The molecule has 37 heavy (non-hydrogen) atoms. The van der Waals surface area contributed by atoms with Crippen molar-refractivity contribution in [1.82, 2.24) is 0 Å². The number of aliphatic hydroxyl groups is 1. The summed E-state index contributed by atoms with van der Waals surface area (Å²) in [5.41, 5.74) is -0.156. The number of rotatable bonds is 0. The van der Waals surface area contributed by atoms with Gasteiger partial charge < -0.3 is 14.6 Å². The lowest BCUT2D eigenvalue weighted by Gasteiger charge is -2.47. The van der Waals surface area contributed by atoms with Crippen LogP contribution < -0.4 is 0 Å². The summed E-state index contributed by atoms with van der Waals surface area (Å²) in [7, 11) is 0. The van der Waals surface area contributed by atoms with Gasteiger partial charge in [-0.2, -0.15) is 0 Å². The van der Waals surface area contributed by atoms with Crippen LogP contribution in [0.15, 0.2) is 23.3 Å². The van der Waals surface area contributed by atoms with E-state index in [2.05, 4.69) is 6.58 Å². The first kappa shape index (κ1) is 23.8. The van der Waals surface area contributed by atoms with Gasteiger partial charge in [0.2, 0.25) is 0 Å². The molecule has 0 aromatic heterocycles. The normalized spacial score (nSPS) is 52.4. The van der Waals surface area contributed by atoms with E-state index in [1.807, 2.05) is 20.8 Å². The van der Waals surface area contributed by atoms with E-state index in [9.17, 15) is 24.3 Å². The minimum absolute atomic E-state index is 0.0169. The topological polar surface area (TPSA) is 107 Å². The lowest BCUT2D eigenvalue weighted by molar-refractivity contribution is -0.149. The Morgan fingerprint density at radius 3 is 2.22 bits per heavy atom. The molecule has 0 aromatic rings. The highest BCUT2D eigenvalue weighted by atomic mass is 16.6. The molecular weight excluding hydrogens is 472 g/mol. The average molecular weight is 509 g/mol. The van der Waals surface area contributed by atoms with Gasteiger partial charge in [0, 0.05) is 41.6 Å². The average Bonchev–Trinajstić information content (AvgIpc) is 3.44. The van der Waals surface area contributed by atoms with Crippen LogP contribution in [0.2, 0.25) is 0 Å². The second-order valence-electron chi connectivity index (χ2n) is 13.2. The zero-order valence-electron chi connectivity index (χ0n) is 21.8. The van der Waals surface area contributed by atoms with Gasteiger partial charge in [-0.05, 0) is 50.0 Å². The Hall–Kier alpha value is -2.28. The first-order chi connectivity index (χ1) is 17.5. The Balaban J connectivity index is 1.45. The molecule has 198 valence electrons. The quantitative estimate of drug-likeness (QED) is 0.395. The van der Waals surface area contributed by atoms with E-state index in [1.165, 1.54) is 0 Å². The van der Waals surface area contributed by atoms with Crippen molar-refractivity contribution in [2.75, 3.05) is 0 Å². The highest BCUT2D eigenvalue weighted by molar-refractivity contribution is 6.10. The van der Waals surface area contributed by atoms with Gasteiger partial charge in [0.15, 0.2) is 5.78 Å². The number of ketones is 2. The molecule has 7 nitrogen and oxygen atoms in total. The minimum Gasteiger partial charge on any atom is -0.461 e. The van der Waals surface area contributed by atoms with Crippen LogP contribution in [-0.4, -0.2) is 46.4 Å². The summed E-state index contributed by atoms with van der Waals surface area (Å²) in [5, 5.41) is 12.1. The van der Waals surface area contributed by atoms with Crippen molar-refractivity contribution in [2.24, 2.45) is 52.8 Å². The van der Waals surface area contributed by atoms with Crippen molar-refractivity contribution < 1.29 is 33.8 Å². The monoisotopic (exact) mass is 508 g/mol. The van der Waals surface area contributed by atoms with Crippen molar-refractivity contribution in [1.29, 1.82) is 0 Å². The molecule has 0 bridgehead atoms. The van der Waals surface area contributed by atoms with Crippen LogP contribution in [0.3, 0.4) is 0 Å². The Morgan fingerprint density at radius 1 is 0.865 bits per heavy atom. The van der Waals surface area contributed by atoms with E-state index in [0.29, 0.717) is 36.8 Å². The molecule has 12 atom stereocenters. The number of carbonyl (C=O) groups is 4. The molecule has 2 saturated heterocycles. The van der Waals surface area contributed by atoms with Crippen molar-refractivity contribution >= 4 is 23.5 Å². The third kappa shape index (κ3) is 2.72. The number of ether oxygens (including phenoxy) is 2. The molecule has 2 heterocycles. The maximum absolute atomic E-state index is 14.3. The van der Waals surface area contributed by atoms with E-state index in [1.54, 1.807) is 0 Å². The summed E-state index contributed by atoms with van der Waals surface area (Å²) >= 11 is 0. The van der Waals surface area contributed by atoms with Crippen LogP contribution in [0.5, 0.6) is 0 Å². The maximum Gasteiger partial charge on any atom is 0.309 e.